The molecule has 4 atom stereocenters. The van der Waals surface area contributed by atoms with Gasteiger partial charge >= 0.3 is 6.03 Å². The van der Waals surface area contributed by atoms with Gasteiger partial charge in [0.05, 0.1) is 35.9 Å². The van der Waals surface area contributed by atoms with E-state index in [1.54, 1.807) is 24.4 Å². The SMILES string of the molecule is CCc1cn([C@H]2CCN(CC3CCN(C(=O)c4cc(C)c([C@@H]5CN(c6cc(-c7ccccc7O)nnc6N)[C@H](C)CO5)cc4C)CC3)C[C@H]2F)c2ncc(N3CCC(=O)NC3=O)cc12. The number of alkyl halides is 1. The van der Waals surface area contributed by atoms with Crippen LogP contribution >= 0.6 is 0 Å². The number of aromatic nitrogens is 4. The van der Waals surface area contributed by atoms with Crippen molar-refractivity contribution in [2.45, 2.75) is 84.2 Å². The lowest BCUT2D eigenvalue weighted by Gasteiger charge is -2.40. The molecule has 4 N–H and O–H groups in total. The number of fused-ring (bicyclic) bond motifs is 1. The van der Waals surface area contributed by atoms with Crippen LogP contribution in [0.5, 0.6) is 5.75 Å². The van der Waals surface area contributed by atoms with Crippen LogP contribution in [0.1, 0.15) is 84.3 Å². The molecule has 0 aliphatic carbocycles. The molecule has 9 rings (SSSR count). The molecular formula is C48H57FN10O5. The van der Waals surface area contributed by atoms with E-state index in [1.807, 2.05) is 53.8 Å². The number of pyridine rings is 1. The summed E-state index contributed by atoms with van der Waals surface area (Å²) in [6.07, 6.45) is 5.65. The van der Waals surface area contributed by atoms with Gasteiger partial charge in [0.2, 0.25) is 5.91 Å². The van der Waals surface area contributed by atoms with Gasteiger partial charge in [0.15, 0.2) is 5.82 Å². The summed E-state index contributed by atoms with van der Waals surface area (Å²) >= 11 is 0. The maximum Gasteiger partial charge on any atom is 0.328 e. The van der Waals surface area contributed by atoms with Crippen molar-refractivity contribution in [1.29, 1.82) is 0 Å². The summed E-state index contributed by atoms with van der Waals surface area (Å²) in [4.78, 5) is 50.9. The number of imide groups is 1. The van der Waals surface area contributed by atoms with Crippen molar-refractivity contribution >= 4 is 46.1 Å². The number of piperidine rings is 2. The van der Waals surface area contributed by atoms with Crippen LogP contribution < -0.4 is 20.9 Å². The maximum atomic E-state index is 16.2. The number of phenolic OH excluding ortho intramolecular Hbond substituents is 1. The number of carbonyl (C=O) groups excluding carboxylic acids is 3. The maximum absolute atomic E-state index is 16.2. The predicted octanol–water partition coefficient (Wildman–Crippen LogP) is 6.51. The molecule has 4 amide bonds. The summed E-state index contributed by atoms with van der Waals surface area (Å²) in [5.74, 6) is 0.530. The van der Waals surface area contributed by atoms with E-state index in [0.29, 0.717) is 85.6 Å². The van der Waals surface area contributed by atoms with Crippen molar-refractivity contribution in [3.05, 3.63) is 88.7 Å². The molecule has 4 saturated heterocycles. The smallest absolute Gasteiger partial charge is 0.328 e. The number of likely N-dealkylation sites (tertiary alicyclic amines) is 2. The monoisotopic (exact) mass is 872 g/mol. The first kappa shape index (κ1) is 43.1. The highest BCUT2D eigenvalue weighted by Gasteiger charge is 2.36. The average molecular weight is 873 g/mol. The van der Waals surface area contributed by atoms with Gasteiger partial charge < -0.3 is 34.8 Å². The summed E-state index contributed by atoms with van der Waals surface area (Å²) in [5, 5.41) is 22.3. The highest BCUT2D eigenvalue weighted by molar-refractivity contribution is 6.06. The Morgan fingerprint density at radius 3 is 2.55 bits per heavy atom. The zero-order valence-electron chi connectivity index (χ0n) is 37.0. The lowest BCUT2D eigenvalue weighted by molar-refractivity contribution is -0.120. The minimum atomic E-state index is -1.08. The first-order valence-electron chi connectivity index (χ1n) is 22.5. The Bertz CT molecular complexity index is 2590. The molecule has 16 heteroatoms. The van der Waals surface area contributed by atoms with E-state index >= 15 is 4.39 Å². The number of nitrogen functional groups attached to an aromatic ring is 1. The highest BCUT2D eigenvalue weighted by atomic mass is 19.1. The van der Waals surface area contributed by atoms with Crippen LogP contribution in [0.4, 0.5) is 26.4 Å². The van der Waals surface area contributed by atoms with Crippen LogP contribution in [0.25, 0.3) is 22.3 Å². The van der Waals surface area contributed by atoms with Gasteiger partial charge in [-0.2, -0.15) is 0 Å². The van der Waals surface area contributed by atoms with Crippen LogP contribution in [0, 0.1) is 19.8 Å². The number of benzene rings is 2. The van der Waals surface area contributed by atoms with E-state index in [-0.39, 0.29) is 42.2 Å². The molecule has 0 spiro atoms. The first-order chi connectivity index (χ1) is 30.9. The largest absolute Gasteiger partial charge is 0.507 e. The Morgan fingerprint density at radius 2 is 1.80 bits per heavy atom. The third-order valence-electron chi connectivity index (χ3n) is 13.8. The molecule has 7 heterocycles. The minimum Gasteiger partial charge on any atom is -0.507 e. The van der Waals surface area contributed by atoms with E-state index < -0.39 is 12.2 Å². The number of para-hydroxylation sites is 1. The van der Waals surface area contributed by atoms with Crippen LogP contribution in [-0.4, -0.2) is 117 Å². The number of hydrogen-bond acceptors (Lipinski definition) is 11. The number of nitrogens with one attached hydrogen (secondary N) is 1. The molecule has 4 aliphatic rings. The third kappa shape index (κ3) is 8.36. The van der Waals surface area contributed by atoms with Crippen LogP contribution in [0.2, 0.25) is 0 Å². The number of nitrogens with two attached hydrogens (primary N) is 1. The van der Waals surface area contributed by atoms with Gasteiger partial charge in [0, 0.05) is 81.0 Å². The Balaban J connectivity index is 0.804. The second kappa shape index (κ2) is 17.8. The number of anilines is 3. The van der Waals surface area contributed by atoms with E-state index in [0.717, 1.165) is 65.7 Å². The molecule has 0 saturated carbocycles. The van der Waals surface area contributed by atoms with Gasteiger partial charge in [-0.05, 0) is 105 Å². The molecule has 15 nitrogen and oxygen atoms in total. The molecule has 64 heavy (non-hydrogen) atoms. The van der Waals surface area contributed by atoms with Gasteiger partial charge in [-0.1, -0.05) is 25.1 Å². The lowest BCUT2D eigenvalue weighted by Crippen LogP contribution is -2.49. The van der Waals surface area contributed by atoms with E-state index in [9.17, 15) is 19.5 Å². The number of aryl methyl sites for hydroxylation is 3. The zero-order chi connectivity index (χ0) is 44.8. The summed E-state index contributed by atoms with van der Waals surface area (Å²) < 4.78 is 24.6. The average Bonchev–Trinajstić information content (AvgIpc) is 3.65. The summed E-state index contributed by atoms with van der Waals surface area (Å²) in [5.41, 5.74) is 14.2. The van der Waals surface area contributed by atoms with E-state index in [4.69, 9.17) is 15.5 Å². The molecule has 2 aromatic carbocycles. The topological polar surface area (TPSA) is 175 Å². The number of hydrogen-bond donors (Lipinski definition) is 3. The minimum absolute atomic E-state index is 0.0108. The van der Waals surface area contributed by atoms with E-state index in [2.05, 4.69) is 45.2 Å². The number of amides is 4. The fraction of sp³-hybridized carbons (Fsp3) is 0.458. The molecule has 5 aromatic rings. The summed E-state index contributed by atoms with van der Waals surface area (Å²) in [6.45, 7) is 12.6. The number of halogens is 1. The predicted molar refractivity (Wildman–Crippen MR) is 243 cm³/mol. The van der Waals surface area contributed by atoms with Crippen molar-refractivity contribution in [2.75, 3.05) is 68.0 Å². The quantitative estimate of drug-likeness (QED) is 0.147. The molecule has 0 bridgehead atoms. The molecule has 4 aliphatic heterocycles. The van der Waals surface area contributed by atoms with Crippen LogP contribution in [0.15, 0.2) is 60.9 Å². The number of nitrogens with zero attached hydrogens (tertiary/aromatic N) is 8. The van der Waals surface area contributed by atoms with Gasteiger partial charge in [-0.15, -0.1) is 10.2 Å². The molecular weight excluding hydrogens is 816 g/mol. The van der Waals surface area contributed by atoms with Crippen LogP contribution in [-0.2, 0) is 16.0 Å². The third-order valence-corrected chi connectivity index (χ3v) is 13.8. The van der Waals surface area contributed by atoms with Gasteiger partial charge in [0.25, 0.3) is 5.91 Å². The van der Waals surface area contributed by atoms with Crippen molar-refractivity contribution in [1.82, 2.24) is 34.9 Å². The Kier molecular flexibility index (Phi) is 12.0. The van der Waals surface area contributed by atoms with Gasteiger partial charge in [-0.25, -0.2) is 14.2 Å². The molecule has 3 aromatic heterocycles. The number of urea groups is 1. The fourth-order valence-electron chi connectivity index (χ4n) is 10.1. The Morgan fingerprint density at radius 1 is 1.00 bits per heavy atom. The number of rotatable bonds is 9. The number of aromatic hydroxyl groups is 1. The Hall–Kier alpha value is -6.13. The van der Waals surface area contributed by atoms with Crippen molar-refractivity contribution in [3.8, 4) is 17.0 Å². The zero-order valence-corrected chi connectivity index (χ0v) is 37.0. The Labute approximate surface area is 372 Å². The summed E-state index contributed by atoms with van der Waals surface area (Å²) in [7, 11) is 0. The molecule has 0 unspecified atom stereocenters. The molecule has 336 valence electrons. The summed E-state index contributed by atoms with van der Waals surface area (Å²) in [6, 6.07) is 14.1. The van der Waals surface area contributed by atoms with Gasteiger partial charge in [0.1, 0.15) is 23.7 Å². The lowest BCUT2D eigenvalue weighted by atomic mass is 9.92. The second-order valence-corrected chi connectivity index (χ2v) is 18.0. The van der Waals surface area contributed by atoms with E-state index in [1.165, 1.54) is 4.90 Å². The fourth-order valence-corrected chi connectivity index (χ4v) is 10.1. The number of phenols is 1. The van der Waals surface area contributed by atoms with Gasteiger partial charge in [-0.3, -0.25) is 19.8 Å². The van der Waals surface area contributed by atoms with Crippen molar-refractivity contribution in [3.63, 3.8) is 0 Å². The molecule has 4 fully saturated rings. The van der Waals surface area contributed by atoms with Crippen molar-refractivity contribution in [2.24, 2.45) is 5.92 Å². The first-order valence-corrected chi connectivity index (χ1v) is 22.5. The standard InChI is InChI=1S/C48H57FN10O5/c1-5-32-24-59(46-37(32)20-33(22-51-46)57-17-13-44(61)52-48(57)63)40-12-14-55(25-38(40)49)23-31-10-15-56(16-11-31)47(62)36-19-28(2)35(18-29(36)3)43-26-58(30(4)27-64-43)41-21-39(53-54-45(41)50)34-8-6-7-9-42(34)60/h6-9,18-22,24,30-31,38,40,43,60H,5,10-17,23,25-27H2,1-4H3,(H2,50,54)(H,52,61,63)/t30-,38-,40+,43+/m1/s1. The van der Waals surface area contributed by atoms with Crippen molar-refractivity contribution < 1.29 is 28.6 Å². The number of morpholine rings is 1. The van der Waals surface area contributed by atoms with Crippen LogP contribution in [0.3, 0.4) is 0 Å². The number of carbonyl (C=O) groups is 3. The second-order valence-electron chi connectivity index (χ2n) is 18.0. The number of ether oxygens (including phenoxy) is 1. The molecule has 0 radical (unpaired) electrons. The normalized spacial score (nSPS) is 22.6. The highest BCUT2D eigenvalue weighted by Crippen LogP contribution is 2.38.